The molecule has 0 aliphatic carbocycles. The first kappa shape index (κ1) is 25.2. The topological polar surface area (TPSA) is 61.8 Å². The largest absolute Gasteiger partial charge is 0.490 e. The first-order valence-electron chi connectivity index (χ1n) is 10.9. The Morgan fingerprint density at radius 1 is 0.875 bits per heavy atom. The maximum absolute atomic E-state index is 12.8. The van der Waals surface area contributed by atoms with Crippen LogP contribution in [0.3, 0.4) is 0 Å². The molecule has 0 unspecified atom stereocenters. The molecular weight excluding hydrogens is 404 g/mol. The second-order valence-corrected chi connectivity index (χ2v) is 9.32. The lowest BCUT2D eigenvalue weighted by Crippen LogP contribution is -2.25. The molecule has 2 aromatic rings. The van der Waals surface area contributed by atoms with E-state index in [-0.39, 0.29) is 24.0 Å². The summed E-state index contributed by atoms with van der Waals surface area (Å²) in [4.78, 5) is 24.8. The third-order valence-electron chi connectivity index (χ3n) is 4.43. The van der Waals surface area contributed by atoms with Crippen LogP contribution in [-0.4, -0.2) is 24.0 Å². The number of esters is 1. The third-order valence-corrected chi connectivity index (χ3v) is 4.43. The number of allylic oxidation sites excluding steroid dienone is 1. The normalized spacial score (nSPS) is 11.8. The fourth-order valence-electron chi connectivity index (χ4n) is 2.80. The Hall–Kier alpha value is -3.08. The zero-order chi connectivity index (χ0) is 24.1. The van der Waals surface area contributed by atoms with Crippen LogP contribution in [0.25, 0.3) is 6.08 Å². The van der Waals surface area contributed by atoms with Gasteiger partial charge in [0.2, 0.25) is 0 Å². The minimum atomic E-state index is -0.601. The summed E-state index contributed by atoms with van der Waals surface area (Å²) in [5.74, 6) is 1.27. The number of hydrogen-bond donors (Lipinski definition) is 0. The fourth-order valence-corrected chi connectivity index (χ4v) is 2.80. The minimum absolute atomic E-state index is 0.0178. The van der Waals surface area contributed by atoms with Crippen LogP contribution in [0.4, 0.5) is 0 Å². The lowest BCUT2D eigenvalue weighted by atomic mass is 9.97. The second kappa shape index (κ2) is 10.5. The Balaban J connectivity index is 2.29. The highest BCUT2D eigenvalue weighted by Gasteiger charge is 2.23. The van der Waals surface area contributed by atoms with Crippen molar-refractivity contribution in [2.45, 2.75) is 67.6 Å². The highest BCUT2D eigenvalue weighted by atomic mass is 16.5. The Morgan fingerprint density at radius 2 is 1.47 bits per heavy atom. The van der Waals surface area contributed by atoms with E-state index in [1.807, 2.05) is 46.8 Å². The molecule has 0 atom stereocenters. The lowest BCUT2D eigenvalue weighted by molar-refractivity contribution is -0.143. The van der Waals surface area contributed by atoms with Gasteiger partial charge < -0.3 is 14.2 Å². The van der Waals surface area contributed by atoms with Gasteiger partial charge in [-0.1, -0.05) is 6.07 Å². The summed E-state index contributed by atoms with van der Waals surface area (Å²) >= 11 is 0. The SMILES string of the molecule is Cc1ccc(OC(C)C)c(C=CC(=O)c2ccc(OC(=O)C(C)(C)C)cc2)c1OC(C)C. The van der Waals surface area contributed by atoms with E-state index in [1.54, 1.807) is 51.1 Å². The summed E-state index contributed by atoms with van der Waals surface area (Å²) in [6, 6.07) is 10.4. The molecule has 0 fully saturated rings. The molecular formula is C27H34O5. The smallest absolute Gasteiger partial charge is 0.316 e. The number of carbonyl (C=O) groups is 2. The average Bonchev–Trinajstić information content (AvgIpc) is 2.69. The predicted molar refractivity (Wildman–Crippen MR) is 128 cm³/mol. The monoisotopic (exact) mass is 438 g/mol. The van der Waals surface area contributed by atoms with Gasteiger partial charge in [-0.2, -0.15) is 0 Å². The van der Waals surface area contributed by atoms with Crippen molar-refractivity contribution in [1.29, 1.82) is 0 Å². The van der Waals surface area contributed by atoms with Crippen LogP contribution >= 0.6 is 0 Å². The van der Waals surface area contributed by atoms with Gasteiger partial charge in [0.25, 0.3) is 0 Å². The molecule has 0 N–H and O–H groups in total. The van der Waals surface area contributed by atoms with Crippen molar-refractivity contribution >= 4 is 17.8 Å². The highest BCUT2D eigenvalue weighted by Crippen LogP contribution is 2.35. The number of rotatable bonds is 8. The van der Waals surface area contributed by atoms with E-state index in [9.17, 15) is 9.59 Å². The first-order valence-corrected chi connectivity index (χ1v) is 10.9. The Morgan fingerprint density at radius 3 is 2.00 bits per heavy atom. The third kappa shape index (κ3) is 6.98. The molecule has 0 saturated heterocycles. The van der Waals surface area contributed by atoms with E-state index in [0.717, 1.165) is 11.1 Å². The molecule has 0 spiro atoms. The van der Waals surface area contributed by atoms with Gasteiger partial charge in [-0.3, -0.25) is 9.59 Å². The molecule has 5 nitrogen and oxygen atoms in total. The van der Waals surface area contributed by atoms with Crippen LogP contribution in [0.5, 0.6) is 17.2 Å². The summed E-state index contributed by atoms with van der Waals surface area (Å²) in [5, 5.41) is 0. The van der Waals surface area contributed by atoms with E-state index in [1.165, 1.54) is 6.08 Å². The van der Waals surface area contributed by atoms with Crippen molar-refractivity contribution in [1.82, 2.24) is 0 Å². The molecule has 0 aliphatic rings. The number of ether oxygens (including phenoxy) is 3. The molecule has 2 aromatic carbocycles. The van der Waals surface area contributed by atoms with Gasteiger partial charge in [0.1, 0.15) is 17.2 Å². The van der Waals surface area contributed by atoms with Gasteiger partial charge in [-0.25, -0.2) is 0 Å². The number of ketones is 1. The summed E-state index contributed by atoms with van der Waals surface area (Å²) in [5.41, 5.74) is 1.59. The molecule has 0 amide bonds. The van der Waals surface area contributed by atoms with Gasteiger partial charge in [0, 0.05) is 5.56 Å². The standard InChI is InChI=1S/C27H34O5/c1-17(2)30-24-16-9-19(5)25(31-18(3)4)22(24)14-15-23(28)20-10-12-21(13-11-20)32-26(29)27(6,7)8/h9-18H,1-8H3. The van der Waals surface area contributed by atoms with E-state index in [4.69, 9.17) is 14.2 Å². The van der Waals surface area contributed by atoms with Gasteiger partial charge in [0.15, 0.2) is 5.78 Å². The molecule has 0 saturated carbocycles. The van der Waals surface area contributed by atoms with Crippen molar-refractivity contribution in [3.63, 3.8) is 0 Å². The van der Waals surface area contributed by atoms with Crippen LogP contribution in [-0.2, 0) is 4.79 Å². The van der Waals surface area contributed by atoms with Crippen molar-refractivity contribution in [2.24, 2.45) is 5.41 Å². The van der Waals surface area contributed by atoms with Crippen LogP contribution < -0.4 is 14.2 Å². The summed E-state index contributed by atoms with van der Waals surface area (Å²) < 4.78 is 17.3. The van der Waals surface area contributed by atoms with E-state index < -0.39 is 5.41 Å². The number of aryl methyl sites for hydroxylation is 1. The molecule has 5 heteroatoms. The van der Waals surface area contributed by atoms with Crippen molar-refractivity contribution in [2.75, 3.05) is 0 Å². The summed E-state index contributed by atoms with van der Waals surface area (Å²) in [6.07, 6.45) is 3.20. The van der Waals surface area contributed by atoms with E-state index in [2.05, 4.69) is 0 Å². The Labute approximate surface area is 191 Å². The van der Waals surface area contributed by atoms with E-state index >= 15 is 0 Å². The molecule has 0 aliphatic heterocycles. The number of hydrogen-bond acceptors (Lipinski definition) is 5. The molecule has 0 bridgehead atoms. The van der Waals surface area contributed by atoms with Crippen LogP contribution in [0.1, 0.15) is 70.0 Å². The van der Waals surface area contributed by atoms with Crippen molar-refractivity contribution in [3.8, 4) is 17.2 Å². The molecule has 0 radical (unpaired) electrons. The molecule has 0 aromatic heterocycles. The molecule has 0 heterocycles. The van der Waals surface area contributed by atoms with Crippen molar-refractivity contribution in [3.05, 3.63) is 59.2 Å². The van der Waals surface area contributed by atoms with Gasteiger partial charge in [-0.05, 0) is 103 Å². The fraction of sp³-hybridized carbons (Fsp3) is 0.407. The van der Waals surface area contributed by atoms with Crippen LogP contribution in [0.15, 0.2) is 42.5 Å². The molecule has 32 heavy (non-hydrogen) atoms. The van der Waals surface area contributed by atoms with E-state index in [0.29, 0.717) is 22.8 Å². The number of carbonyl (C=O) groups excluding carboxylic acids is 2. The summed E-state index contributed by atoms with van der Waals surface area (Å²) in [6.45, 7) is 15.2. The lowest BCUT2D eigenvalue weighted by Gasteiger charge is -2.19. The van der Waals surface area contributed by atoms with Gasteiger partial charge in [-0.15, -0.1) is 0 Å². The second-order valence-electron chi connectivity index (χ2n) is 9.32. The molecule has 2 rings (SSSR count). The maximum atomic E-state index is 12.8. The van der Waals surface area contributed by atoms with Crippen molar-refractivity contribution < 1.29 is 23.8 Å². The summed E-state index contributed by atoms with van der Waals surface area (Å²) in [7, 11) is 0. The van der Waals surface area contributed by atoms with Gasteiger partial charge in [0.05, 0.1) is 23.2 Å². The predicted octanol–water partition coefficient (Wildman–Crippen LogP) is 6.42. The first-order chi connectivity index (χ1) is 14.9. The average molecular weight is 439 g/mol. The van der Waals surface area contributed by atoms with Crippen LogP contribution in [0.2, 0.25) is 0 Å². The Kier molecular flexibility index (Phi) is 8.25. The highest BCUT2D eigenvalue weighted by molar-refractivity contribution is 6.07. The number of benzene rings is 2. The zero-order valence-electron chi connectivity index (χ0n) is 20.3. The Bertz CT molecular complexity index is 976. The van der Waals surface area contributed by atoms with Crippen LogP contribution in [0, 0.1) is 12.3 Å². The maximum Gasteiger partial charge on any atom is 0.316 e. The quantitative estimate of drug-likeness (QED) is 0.206. The molecule has 172 valence electrons. The minimum Gasteiger partial charge on any atom is -0.490 e. The zero-order valence-corrected chi connectivity index (χ0v) is 20.3. The van der Waals surface area contributed by atoms with Gasteiger partial charge >= 0.3 is 5.97 Å².